The number of aromatic nitrogens is 1. The maximum absolute atomic E-state index is 13.7. The molecule has 4 rings (SSSR count). The zero-order valence-corrected chi connectivity index (χ0v) is 21.4. The molecule has 0 saturated heterocycles. The summed E-state index contributed by atoms with van der Waals surface area (Å²) in [6.45, 7) is 7.85. The highest BCUT2D eigenvalue weighted by molar-refractivity contribution is 7.98. The van der Waals surface area contributed by atoms with E-state index in [0.29, 0.717) is 33.0 Å². The van der Waals surface area contributed by atoms with Gasteiger partial charge in [0.1, 0.15) is 12.4 Å². The summed E-state index contributed by atoms with van der Waals surface area (Å²) in [5.41, 5.74) is 2.38. The number of esters is 1. The molecule has 1 atom stereocenters. The van der Waals surface area contributed by atoms with E-state index in [2.05, 4.69) is 11.6 Å². The molecular formula is C27H26N2O4S2. The smallest absolute Gasteiger partial charge is 0.338 e. The molecule has 1 aromatic heterocycles. The van der Waals surface area contributed by atoms with Crippen LogP contribution < -0.4 is 19.6 Å². The van der Waals surface area contributed by atoms with E-state index in [1.165, 1.54) is 11.3 Å². The first-order chi connectivity index (χ1) is 17.0. The van der Waals surface area contributed by atoms with Gasteiger partial charge >= 0.3 is 5.97 Å². The monoisotopic (exact) mass is 506 g/mol. The number of hydrogen-bond acceptors (Lipinski definition) is 7. The van der Waals surface area contributed by atoms with Crippen molar-refractivity contribution in [2.45, 2.75) is 24.8 Å². The third-order valence-electron chi connectivity index (χ3n) is 5.47. The van der Waals surface area contributed by atoms with E-state index >= 15 is 0 Å². The van der Waals surface area contributed by atoms with Crippen molar-refractivity contribution in [3.8, 4) is 5.75 Å². The first kappa shape index (κ1) is 24.8. The number of ether oxygens (including phenoxy) is 2. The van der Waals surface area contributed by atoms with Crippen LogP contribution in [0.2, 0.25) is 0 Å². The SMILES string of the molecule is C=CCOc1cccc(/C=c2\sc3n(c2=O)[C@@H](c2ccc(SC)cc2)C(C(=O)OCC)=C(C)N=3)c1. The van der Waals surface area contributed by atoms with Gasteiger partial charge in [-0.05, 0) is 61.6 Å². The van der Waals surface area contributed by atoms with Gasteiger partial charge in [-0.25, -0.2) is 9.79 Å². The lowest BCUT2D eigenvalue weighted by atomic mass is 9.96. The van der Waals surface area contributed by atoms with Gasteiger partial charge in [0.05, 0.1) is 28.5 Å². The van der Waals surface area contributed by atoms with Crippen LogP contribution in [-0.4, -0.2) is 30.0 Å². The fraction of sp³-hybridized carbons (Fsp3) is 0.222. The topological polar surface area (TPSA) is 69.9 Å². The molecule has 8 heteroatoms. The highest BCUT2D eigenvalue weighted by Crippen LogP contribution is 2.31. The Hall–Kier alpha value is -3.36. The molecule has 0 spiro atoms. The summed E-state index contributed by atoms with van der Waals surface area (Å²) in [6, 6.07) is 14.8. The first-order valence-electron chi connectivity index (χ1n) is 11.1. The summed E-state index contributed by atoms with van der Waals surface area (Å²) in [6.07, 6.45) is 5.51. The van der Waals surface area contributed by atoms with E-state index < -0.39 is 12.0 Å². The average Bonchev–Trinajstić information content (AvgIpc) is 3.16. The van der Waals surface area contributed by atoms with Crippen molar-refractivity contribution in [3.05, 3.63) is 103 Å². The molecule has 2 heterocycles. The van der Waals surface area contributed by atoms with Crippen molar-refractivity contribution in [2.75, 3.05) is 19.5 Å². The Bertz CT molecular complexity index is 1470. The molecule has 0 fully saturated rings. The van der Waals surface area contributed by atoms with Crippen LogP contribution in [0.3, 0.4) is 0 Å². The van der Waals surface area contributed by atoms with Gasteiger partial charge in [0, 0.05) is 4.90 Å². The molecular weight excluding hydrogens is 480 g/mol. The van der Waals surface area contributed by atoms with Gasteiger partial charge in [-0.1, -0.05) is 48.3 Å². The minimum atomic E-state index is -0.620. The second-order valence-electron chi connectivity index (χ2n) is 7.75. The number of allylic oxidation sites excluding steroid dienone is 1. The molecule has 1 aliphatic rings. The highest BCUT2D eigenvalue weighted by atomic mass is 32.2. The molecule has 180 valence electrons. The van der Waals surface area contributed by atoms with Crippen LogP contribution in [0.5, 0.6) is 5.75 Å². The molecule has 0 amide bonds. The van der Waals surface area contributed by atoms with Crippen molar-refractivity contribution in [2.24, 2.45) is 4.99 Å². The number of carbonyl (C=O) groups is 1. The van der Waals surface area contributed by atoms with Crippen LogP contribution in [0.1, 0.15) is 31.0 Å². The third kappa shape index (κ3) is 5.18. The highest BCUT2D eigenvalue weighted by Gasteiger charge is 2.33. The van der Waals surface area contributed by atoms with Crippen molar-refractivity contribution >= 4 is 35.1 Å². The van der Waals surface area contributed by atoms with E-state index in [1.807, 2.05) is 60.9 Å². The molecule has 6 nitrogen and oxygen atoms in total. The number of benzene rings is 2. The Morgan fingerprint density at radius 2 is 2.03 bits per heavy atom. The van der Waals surface area contributed by atoms with Gasteiger partial charge in [0.2, 0.25) is 0 Å². The van der Waals surface area contributed by atoms with Crippen molar-refractivity contribution in [3.63, 3.8) is 0 Å². The molecule has 3 aromatic rings. The Labute approximate surface area is 211 Å². The number of nitrogens with zero attached hydrogens (tertiary/aromatic N) is 2. The number of fused-ring (bicyclic) bond motifs is 1. The Morgan fingerprint density at radius 1 is 1.26 bits per heavy atom. The maximum Gasteiger partial charge on any atom is 0.338 e. The Kier molecular flexibility index (Phi) is 7.73. The largest absolute Gasteiger partial charge is 0.490 e. The van der Waals surface area contributed by atoms with Crippen LogP contribution in [0.25, 0.3) is 6.08 Å². The number of thioether (sulfide) groups is 1. The molecule has 0 aliphatic carbocycles. The van der Waals surface area contributed by atoms with Gasteiger partial charge in [0.15, 0.2) is 4.80 Å². The molecule has 0 unspecified atom stereocenters. The molecule has 35 heavy (non-hydrogen) atoms. The lowest BCUT2D eigenvalue weighted by molar-refractivity contribution is -0.139. The van der Waals surface area contributed by atoms with E-state index in [1.54, 1.807) is 36.3 Å². The van der Waals surface area contributed by atoms with Crippen LogP contribution in [0.4, 0.5) is 0 Å². The van der Waals surface area contributed by atoms with Gasteiger partial charge < -0.3 is 9.47 Å². The fourth-order valence-electron chi connectivity index (χ4n) is 3.89. The second kappa shape index (κ2) is 10.9. The molecule has 1 aliphatic heterocycles. The predicted octanol–water partition coefficient (Wildman–Crippen LogP) is 4.09. The molecule has 2 aromatic carbocycles. The van der Waals surface area contributed by atoms with Gasteiger partial charge in [-0.3, -0.25) is 9.36 Å². The summed E-state index contributed by atoms with van der Waals surface area (Å²) in [5.74, 6) is 0.229. The van der Waals surface area contributed by atoms with Gasteiger partial charge in [-0.2, -0.15) is 0 Å². The van der Waals surface area contributed by atoms with E-state index in [-0.39, 0.29) is 12.2 Å². The number of hydrogen-bond donors (Lipinski definition) is 0. The summed E-state index contributed by atoms with van der Waals surface area (Å²) in [4.78, 5) is 32.9. The fourth-order valence-corrected chi connectivity index (χ4v) is 5.35. The first-order valence-corrected chi connectivity index (χ1v) is 13.2. The minimum absolute atomic E-state index is 0.209. The zero-order chi connectivity index (χ0) is 24.9. The lowest BCUT2D eigenvalue weighted by Crippen LogP contribution is -2.39. The summed E-state index contributed by atoms with van der Waals surface area (Å²) < 4.78 is 13.1. The molecule has 0 bridgehead atoms. The Balaban J connectivity index is 1.87. The normalized spacial score (nSPS) is 15.4. The van der Waals surface area contributed by atoms with Crippen LogP contribution in [-0.2, 0) is 9.53 Å². The van der Waals surface area contributed by atoms with Crippen LogP contribution in [0, 0.1) is 0 Å². The van der Waals surface area contributed by atoms with E-state index in [0.717, 1.165) is 16.0 Å². The van der Waals surface area contributed by atoms with Gasteiger partial charge in [-0.15, -0.1) is 11.8 Å². The van der Waals surface area contributed by atoms with E-state index in [4.69, 9.17) is 9.47 Å². The molecule has 0 N–H and O–H groups in total. The number of thiazole rings is 1. The molecule has 0 radical (unpaired) electrons. The van der Waals surface area contributed by atoms with Crippen molar-refractivity contribution in [1.82, 2.24) is 4.57 Å². The summed E-state index contributed by atoms with van der Waals surface area (Å²) in [5, 5.41) is 0. The predicted molar refractivity (Wildman–Crippen MR) is 141 cm³/mol. The molecule has 0 saturated carbocycles. The zero-order valence-electron chi connectivity index (χ0n) is 19.8. The third-order valence-corrected chi connectivity index (χ3v) is 7.20. The van der Waals surface area contributed by atoms with Crippen molar-refractivity contribution in [1.29, 1.82) is 0 Å². The summed E-state index contributed by atoms with van der Waals surface area (Å²) >= 11 is 2.93. The van der Waals surface area contributed by atoms with E-state index in [9.17, 15) is 9.59 Å². The van der Waals surface area contributed by atoms with Crippen LogP contribution in [0.15, 0.2) is 87.1 Å². The lowest BCUT2D eigenvalue weighted by Gasteiger charge is -2.24. The Morgan fingerprint density at radius 3 is 2.71 bits per heavy atom. The standard InChI is InChI=1S/C27H26N2O4S2/c1-5-14-33-20-9-7-8-18(15-20)16-22-25(30)29-24(19-10-12-21(34-4)13-11-19)23(26(31)32-6-2)17(3)28-27(29)35-22/h5,7-13,15-16,24H,1,6,14H2,2-4H3/b22-16-/t24-/m0/s1. The maximum atomic E-state index is 13.7. The van der Waals surface area contributed by atoms with Gasteiger partial charge in [0.25, 0.3) is 5.56 Å². The van der Waals surface area contributed by atoms with Crippen molar-refractivity contribution < 1.29 is 14.3 Å². The number of carbonyl (C=O) groups excluding carboxylic acids is 1. The number of rotatable bonds is 8. The summed E-state index contributed by atoms with van der Waals surface area (Å²) in [7, 11) is 0. The average molecular weight is 507 g/mol. The van der Waals surface area contributed by atoms with Crippen LogP contribution >= 0.6 is 23.1 Å². The quantitative estimate of drug-likeness (QED) is 0.262. The second-order valence-corrected chi connectivity index (χ2v) is 9.64. The minimum Gasteiger partial charge on any atom is -0.490 e.